The molecule has 10 atom stereocenters. The van der Waals surface area contributed by atoms with Crippen LogP contribution in [0.2, 0.25) is 0 Å². The Balaban J connectivity index is 1.44. The molecule has 0 bridgehead atoms. The van der Waals surface area contributed by atoms with Crippen molar-refractivity contribution in [3.63, 3.8) is 0 Å². The molecule has 4 aromatic rings. The van der Waals surface area contributed by atoms with E-state index in [0.717, 1.165) is 36.1 Å². The Hall–Kier alpha value is -5.52. The lowest BCUT2D eigenvalue weighted by molar-refractivity contribution is -0.368. The number of hydrogen-bond acceptors (Lipinski definition) is 15. The van der Waals surface area contributed by atoms with Gasteiger partial charge in [-0.15, -0.1) is 0 Å². The third kappa shape index (κ3) is 14.2. The molecule has 10 unspecified atom stereocenters. The van der Waals surface area contributed by atoms with Crippen LogP contribution < -0.4 is 0 Å². The van der Waals surface area contributed by atoms with Crippen LogP contribution in [-0.2, 0) is 97.7 Å². The van der Waals surface area contributed by atoms with Crippen LogP contribution in [0.25, 0.3) is 0 Å². The molecule has 0 aliphatic carbocycles. The van der Waals surface area contributed by atoms with Gasteiger partial charge < -0.3 is 52.1 Å². The Morgan fingerprint density at radius 3 is 1.30 bits per heavy atom. The van der Waals surface area contributed by atoms with E-state index in [1.165, 1.54) is 13.8 Å². The van der Waals surface area contributed by atoms with Crippen molar-refractivity contribution >= 4 is 23.9 Å². The van der Waals surface area contributed by atoms with Crippen LogP contribution >= 0.6 is 0 Å². The van der Waals surface area contributed by atoms with E-state index in [1.807, 2.05) is 121 Å². The molecule has 0 aromatic heterocycles. The quantitative estimate of drug-likeness (QED) is 0.0773. The molecule has 2 aliphatic heterocycles. The molecule has 0 spiro atoms. The topological polar surface area (TPSA) is 170 Å². The summed E-state index contributed by atoms with van der Waals surface area (Å²) in [7, 11) is 0. The first-order valence-corrected chi connectivity index (χ1v) is 20.7. The van der Waals surface area contributed by atoms with Crippen LogP contribution in [0.3, 0.4) is 0 Å². The molecule has 2 saturated heterocycles. The maximum atomic E-state index is 12.8. The van der Waals surface area contributed by atoms with Crippen LogP contribution in [-0.4, -0.2) is 98.5 Å². The summed E-state index contributed by atoms with van der Waals surface area (Å²) in [5.74, 6) is -2.99. The fraction of sp³-hybridized carbons (Fsp3) is 0.417. The summed E-state index contributed by atoms with van der Waals surface area (Å²) in [5, 5.41) is 0. The zero-order valence-corrected chi connectivity index (χ0v) is 35.7. The van der Waals surface area contributed by atoms with Gasteiger partial charge in [0.05, 0.1) is 33.0 Å². The Bertz CT molecular complexity index is 2020. The first-order chi connectivity index (χ1) is 30.5. The minimum absolute atomic E-state index is 0.00944. The summed E-state index contributed by atoms with van der Waals surface area (Å²) in [5.41, 5.74) is 3.52. The minimum atomic E-state index is -1.60. The monoisotopic (exact) mass is 870 g/mol. The number of ether oxygens (including phenoxy) is 11. The molecule has 15 nitrogen and oxygen atoms in total. The predicted octanol–water partition coefficient (Wildman–Crippen LogP) is 5.78. The average molecular weight is 871 g/mol. The summed E-state index contributed by atoms with van der Waals surface area (Å²) >= 11 is 0. The molecule has 15 heteroatoms. The van der Waals surface area contributed by atoms with Crippen LogP contribution in [0.1, 0.15) is 49.9 Å². The lowest BCUT2D eigenvalue weighted by atomic mass is 9.95. The highest BCUT2D eigenvalue weighted by atomic mass is 16.8. The molecule has 2 aliphatic rings. The maximum Gasteiger partial charge on any atom is 0.305 e. The van der Waals surface area contributed by atoms with E-state index in [9.17, 15) is 19.2 Å². The number of hydrogen-bond donors (Lipinski definition) is 0. The fourth-order valence-corrected chi connectivity index (χ4v) is 7.29. The highest BCUT2D eigenvalue weighted by Crippen LogP contribution is 2.36. The number of benzene rings is 4. The van der Waals surface area contributed by atoms with Crippen molar-refractivity contribution < 1.29 is 71.3 Å². The first kappa shape index (κ1) is 47.0. The second kappa shape index (κ2) is 23.8. The van der Waals surface area contributed by atoms with Crippen LogP contribution in [0, 0.1) is 0 Å². The lowest BCUT2D eigenvalue weighted by Crippen LogP contribution is -2.67. The smallest absolute Gasteiger partial charge is 0.305 e. The molecule has 336 valence electrons. The van der Waals surface area contributed by atoms with Crippen molar-refractivity contribution in [2.24, 2.45) is 0 Å². The van der Waals surface area contributed by atoms with Crippen molar-refractivity contribution in [3.05, 3.63) is 144 Å². The van der Waals surface area contributed by atoms with Gasteiger partial charge in [-0.1, -0.05) is 121 Å². The molecule has 2 heterocycles. The second-order valence-corrected chi connectivity index (χ2v) is 15.0. The predicted molar refractivity (Wildman–Crippen MR) is 223 cm³/mol. The molecule has 4 aromatic carbocycles. The van der Waals surface area contributed by atoms with Gasteiger partial charge in [-0.2, -0.15) is 0 Å². The third-order valence-electron chi connectivity index (χ3n) is 10.1. The van der Waals surface area contributed by atoms with E-state index in [2.05, 4.69) is 0 Å². The standard InChI is InChI=1S/C48H54O15/c1-31(49)54-30-40-42(58-32(2)50)44(46(59-33(3)51)48(62-40)60-34(4)52)63-47-45(57-28-38-23-15-8-16-24-38)43(56-27-37-21-13-7-14-22-37)41(55-26-36-19-11-6-12-20-36)39(61-47)29-53-25-35-17-9-5-10-18-35/h5-24,39-48H,25-30H2,1-4H3. The summed E-state index contributed by atoms with van der Waals surface area (Å²) in [6.45, 7) is 4.82. The Kier molecular flexibility index (Phi) is 17.7. The molecule has 6 rings (SSSR count). The molecule has 0 N–H and O–H groups in total. The highest BCUT2D eigenvalue weighted by molar-refractivity contribution is 5.68. The van der Waals surface area contributed by atoms with Gasteiger partial charge in [0.25, 0.3) is 0 Å². The molecular weight excluding hydrogens is 817 g/mol. The second-order valence-electron chi connectivity index (χ2n) is 15.0. The molecule has 0 saturated carbocycles. The lowest BCUT2D eigenvalue weighted by Gasteiger charge is -2.49. The maximum absolute atomic E-state index is 12.8. The van der Waals surface area contributed by atoms with Crippen LogP contribution in [0.15, 0.2) is 121 Å². The van der Waals surface area contributed by atoms with Crippen LogP contribution in [0.5, 0.6) is 0 Å². The van der Waals surface area contributed by atoms with Gasteiger partial charge in [-0.3, -0.25) is 19.2 Å². The molecule has 2 fully saturated rings. The van der Waals surface area contributed by atoms with E-state index in [1.54, 1.807) is 0 Å². The molecule has 0 radical (unpaired) electrons. The first-order valence-electron chi connectivity index (χ1n) is 20.7. The highest BCUT2D eigenvalue weighted by Gasteiger charge is 2.56. The van der Waals surface area contributed by atoms with Crippen molar-refractivity contribution in [2.75, 3.05) is 13.2 Å². The minimum Gasteiger partial charge on any atom is -0.463 e. The van der Waals surface area contributed by atoms with Gasteiger partial charge in [-0.05, 0) is 22.3 Å². The van der Waals surface area contributed by atoms with Crippen molar-refractivity contribution in [3.8, 4) is 0 Å². The van der Waals surface area contributed by atoms with Gasteiger partial charge in [-0.25, -0.2) is 0 Å². The number of rotatable bonds is 20. The van der Waals surface area contributed by atoms with Gasteiger partial charge in [0.1, 0.15) is 43.2 Å². The number of carbonyl (C=O) groups excluding carboxylic acids is 4. The number of carbonyl (C=O) groups is 4. The molecule has 0 amide bonds. The Morgan fingerprint density at radius 1 is 0.413 bits per heavy atom. The van der Waals surface area contributed by atoms with Gasteiger partial charge in [0, 0.05) is 27.7 Å². The summed E-state index contributed by atoms with van der Waals surface area (Å²) in [4.78, 5) is 50.1. The van der Waals surface area contributed by atoms with Gasteiger partial charge in [0.2, 0.25) is 6.29 Å². The van der Waals surface area contributed by atoms with Crippen molar-refractivity contribution in [2.45, 2.75) is 116 Å². The summed E-state index contributed by atoms with van der Waals surface area (Å²) < 4.78 is 68.9. The zero-order valence-electron chi connectivity index (χ0n) is 35.7. The van der Waals surface area contributed by atoms with Gasteiger partial charge in [0.15, 0.2) is 18.5 Å². The van der Waals surface area contributed by atoms with E-state index >= 15 is 0 Å². The third-order valence-corrected chi connectivity index (χ3v) is 10.1. The van der Waals surface area contributed by atoms with E-state index < -0.39 is 91.9 Å². The fourth-order valence-electron chi connectivity index (χ4n) is 7.29. The summed E-state index contributed by atoms with van der Waals surface area (Å²) in [6.07, 6.45) is -12.5. The Labute approximate surface area is 366 Å². The van der Waals surface area contributed by atoms with Crippen molar-refractivity contribution in [1.29, 1.82) is 0 Å². The van der Waals surface area contributed by atoms with E-state index in [4.69, 9.17) is 52.1 Å². The average Bonchev–Trinajstić information content (AvgIpc) is 3.27. The normalized spacial score (nSPS) is 25.7. The zero-order chi connectivity index (χ0) is 44.6. The van der Waals surface area contributed by atoms with Crippen LogP contribution in [0.4, 0.5) is 0 Å². The SMILES string of the molecule is CC(=O)OCC1OC(OC(C)=O)C(OC(C)=O)C(OC2OC(COCc3ccccc3)C(OCc3ccccc3)C(OCc3ccccc3)C2OCc2ccccc2)C1OC(C)=O. The number of esters is 4. The van der Waals surface area contributed by atoms with E-state index in [0.29, 0.717) is 0 Å². The Morgan fingerprint density at radius 2 is 0.825 bits per heavy atom. The summed E-state index contributed by atoms with van der Waals surface area (Å²) in [6, 6.07) is 38.3. The van der Waals surface area contributed by atoms with Gasteiger partial charge >= 0.3 is 23.9 Å². The molecule has 63 heavy (non-hydrogen) atoms. The van der Waals surface area contributed by atoms with E-state index in [-0.39, 0.29) is 33.0 Å². The molecular formula is C48H54O15. The van der Waals surface area contributed by atoms with Crippen molar-refractivity contribution in [1.82, 2.24) is 0 Å². The largest absolute Gasteiger partial charge is 0.463 e.